The van der Waals surface area contributed by atoms with E-state index < -0.39 is 0 Å². The first-order valence-corrected chi connectivity index (χ1v) is 10.8. The number of nitrogens with one attached hydrogen (secondary N) is 1. The molecule has 0 bridgehead atoms. The molecule has 1 aromatic heterocycles. The Hall–Kier alpha value is -3.25. The largest absolute Gasteiger partial charge is 0.322 e. The third kappa shape index (κ3) is 3.57. The third-order valence-corrected chi connectivity index (χ3v) is 6.17. The molecular weight excluding hydrogens is 457 g/mol. The van der Waals surface area contributed by atoms with E-state index in [0.717, 1.165) is 38.0 Å². The van der Waals surface area contributed by atoms with Crippen molar-refractivity contribution in [2.24, 2.45) is 0 Å². The third-order valence-electron chi connectivity index (χ3n) is 5.64. The quantitative estimate of drug-likeness (QED) is 0.391. The van der Waals surface area contributed by atoms with Crippen molar-refractivity contribution in [3.63, 3.8) is 0 Å². The van der Waals surface area contributed by atoms with Crippen LogP contribution in [0.3, 0.4) is 0 Å². The monoisotopic (exact) mass is 475 g/mol. The zero-order chi connectivity index (χ0) is 21.5. The summed E-state index contributed by atoms with van der Waals surface area (Å²) in [6, 6.07) is 22.1. The molecule has 1 aliphatic heterocycles. The summed E-state index contributed by atoms with van der Waals surface area (Å²) >= 11 is 3.49. The smallest absolute Gasteiger partial charge is 0.273 e. The minimum atomic E-state index is -0.296. The Morgan fingerprint density at radius 3 is 2.35 bits per heavy atom. The second-order valence-corrected chi connectivity index (χ2v) is 8.66. The molecule has 5 rings (SSSR count). The van der Waals surface area contributed by atoms with Crippen LogP contribution in [0.15, 0.2) is 77.3 Å². The normalized spacial score (nSPS) is 15.4. The van der Waals surface area contributed by atoms with Crippen LogP contribution in [0.1, 0.15) is 38.8 Å². The molecule has 2 heterocycles. The molecule has 6 heteroatoms. The van der Waals surface area contributed by atoms with Crippen LogP contribution < -0.4 is 0 Å². The van der Waals surface area contributed by atoms with Gasteiger partial charge >= 0.3 is 0 Å². The molecule has 0 aliphatic carbocycles. The minimum Gasteiger partial charge on any atom is -0.322 e. The maximum Gasteiger partial charge on any atom is 0.273 e. The molecule has 0 radical (unpaired) electrons. The molecule has 1 amide bonds. The van der Waals surface area contributed by atoms with Gasteiger partial charge in [0.2, 0.25) is 0 Å². The Morgan fingerprint density at radius 2 is 1.68 bits per heavy atom. The molecule has 0 saturated heterocycles. The van der Waals surface area contributed by atoms with Gasteiger partial charge in [-0.15, -0.1) is 0 Å². The van der Waals surface area contributed by atoms with Crippen molar-refractivity contribution in [3.8, 4) is 11.3 Å². The first kappa shape index (κ1) is 19.7. The zero-order valence-electron chi connectivity index (χ0n) is 16.8. The molecule has 4 nitrogen and oxygen atoms in total. The van der Waals surface area contributed by atoms with E-state index in [0.29, 0.717) is 12.2 Å². The van der Waals surface area contributed by atoms with E-state index >= 15 is 0 Å². The maximum atomic E-state index is 13.4. The predicted octanol–water partition coefficient (Wildman–Crippen LogP) is 6.03. The number of hydrogen-bond donors (Lipinski definition) is 1. The molecule has 1 aliphatic rings. The molecule has 3 aromatic carbocycles. The second kappa shape index (κ2) is 7.78. The van der Waals surface area contributed by atoms with Crippen LogP contribution in [0.4, 0.5) is 4.39 Å². The summed E-state index contributed by atoms with van der Waals surface area (Å²) in [6.45, 7) is 2.41. The summed E-state index contributed by atoms with van der Waals surface area (Å²) in [5.41, 5.74) is 6.14. The topological polar surface area (TPSA) is 49.0 Å². The van der Waals surface area contributed by atoms with Crippen molar-refractivity contribution in [1.82, 2.24) is 15.1 Å². The predicted molar refractivity (Wildman–Crippen MR) is 121 cm³/mol. The number of carbonyl (C=O) groups excluding carboxylic acids is 1. The van der Waals surface area contributed by atoms with Crippen molar-refractivity contribution < 1.29 is 9.18 Å². The number of amides is 1. The first-order chi connectivity index (χ1) is 15.0. The molecular formula is C25H19BrFN3O. The van der Waals surface area contributed by atoms with Crippen molar-refractivity contribution in [3.05, 3.63) is 111 Å². The van der Waals surface area contributed by atoms with Gasteiger partial charge in [0.15, 0.2) is 0 Å². The lowest BCUT2D eigenvalue weighted by Crippen LogP contribution is -2.29. The summed E-state index contributed by atoms with van der Waals surface area (Å²) in [5.74, 6) is -0.407. The Balaban J connectivity index is 1.63. The van der Waals surface area contributed by atoms with Crippen LogP contribution in [0.5, 0.6) is 0 Å². The van der Waals surface area contributed by atoms with Crippen LogP contribution in [-0.2, 0) is 6.54 Å². The average Bonchev–Trinajstić information content (AvgIpc) is 3.31. The van der Waals surface area contributed by atoms with Gasteiger partial charge in [0, 0.05) is 22.1 Å². The van der Waals surface area contributed by atoms with Crippen LogP contribution in [0.2, 0.25) is 0 Å². The Labute approximate surface area is 187 Å². The Morgan fingerprint density at radius 1 is 1.00 bits per heavy atom. The first-order valence-electron chi connectivity index (χ1n) is 9.97. The van der Waals surface area contributed by atoms with E-state index in [1.165, 1.54) is 12.1 Å². The second-order valence-electron chi connectivity index (χ2n) is 7.74. The van der Waals surface area contributed by atoms with E-state index in [9.17, 15) is 9.18 Å². The number of nitrogens with zero attached hydrogens (tertiary/aromatic N) is 2. The molecule has 1 N–H and O–H groups in total. The number of carbonyl (C=O) groups is 1. The van der Waals surface area contributed by atoms with E-state index in [1.807, 2.05) is 60.4 Å². The Bertz CT molecular complexity index is 1250. The van der Waals surface area contributed by atoms with E-state index in [-0.39, 0.29) is 17.8 Å². The van der Waals surface area contributed by atoms with E-state index in [1.54, 1.807) is 12.1 Å². The zero-order valence-corrected chi connectivity index (χ0v) is 18.4. The van der Waals surface area contributed by atoms with Gasteiger partial charge < -0.3 is 4.90 Å². The lowest BCUT2D eigenvalue weighted by Gasteiger charge is -2.26. The molecule has 154 valence electrons. The number of rotatable bonds is 4. The van der Waals surface area contributed by atoms with Gasteiger partial charge in [0.1, 0.15) is 11.5 Å². The molecule has 0 spiro atoms. The highest BCUT2D eigenvalue weighted by Gasteiger charge is 2.42. The molecule has 1 atom stereocenters. The van der Waals surface area contributed by atoms with Crippen molar-refractivity contribution in [1.29, 1.82) is 0 Å². The van der Waals surface area contributed by atoms with Gasteiger partial charge in [-0.25, -0.2) is 4.39 Å². The molecule has 4 aromatic rings. The summed E-state index contributed by atoms with van der Waals surface area (Å²) in [7, 11) is 0. The van der Waals surface area contributed by atoms with Crippen molar-refractivity contribution in [2.45, 2.75) is 19.5 Å². The number of fused-ring (bicyclic) bond motifs is 1. The van der Waals surface area contributed by atoms with Gasteiger partial charge in [0.25, 0.3) is 5.91 Å². The highest BCUT2D eigenvalue weighted by atomic mass is 79.9. The van der Waals surface area contributed by atoms with E-state index in [2.05, 4.69) is 26.1 Å². The lowest BCUT2D eigenvalue weighted by molar-refractivity contribution is 0.0730. The average molecular weight is 476 g/mol. The highest BCUT2D eigenvalue weighted by molar-refractivity contribution is 9.10. The Kier molecular flexibility index (Phi) is 4.94. The summed E-state index contributed by atoms with van der Waals surface area (Å²) in [5, 5.41) is 7.48. The number of H-pyrrole nitrogens is 1. The summed E-state index contributed by atoms with van der Waals surface area (Å²) < 4.78 is 14.4. The number of aromatic nitrogens is 2. The molecule has 0 saturated carbocycles. The van der Waals surface area contributed by atoms with Gasteiger partial charge in [-0.3, -0.25) is 9.89 Å². The maximum absolute atomic E-state index is 13.4. The van der Waals surface area contributed by atoms with E-state index in [4.69, 9.17) is 0 Å². The van der Waals surface area contributed by atoms with Crippen LogP contribution in [0.25, 0.3) is 11.3 Å². The number of hydrogen-bond acceptors (Lipinski definition) is 2. The van der Waals surface area contributed by atoms with Gasteiger partial charge in [-0.1, -0.05) is 70.0 Å². The van der Waals surface area contributed by atoms with Crippen molar-refractivity contribution >= 4 is 21.8 Å². The molecule has 0 fully saturated rings. The van der Waals surface area contributed by atoms with Crippen LogP contribution in [0, 0.1) is 12.7 Å². The standard InChI is InChI=1S/C25H19BrFN3O/c1-15-2-6-17(7-3-15)22-21-23(29-28-22)25(31)30(14-16-4-12-20(27)13-5-16)24(21)18-8-10-19(26)11-9-18/h2-13,24H,14H2,1H3,(H,28,29). The fraction of sp³-hybridized carbons (Fsp3) is 0.120. The van der Waals surface area contributed by atoms with Gasteiger partial charge in [-0.2, -0.15) is 5.10 Å². The number of aromatic amines is 1. The fourth-order valence-corrected chi connectivity index (χ4v) is 4.33. The summed E-state index contributed by atoms with van der Waals surface area (Å²) in [4.78, 5) is 15.2. The number of aryl methyl sites for hydroxylation is 1. The molecule has 31 heavy (non-hydrogen) atoms. The number of halogens is 2. The highest BCUT2D eigenvalue weighted by Crippen LogP contribution is 2.43. The number of benzene rings is 3. The lowest BCUT2D eigenvalue weighted by atomic mass is 9.95. The van der Waals surface area contributed by atoms with Gasteiger partial charge in [0.05, 0.1) is 11.7 Å². The van der Waals surface area contributed by atoms with Crippen LogP contribution in [-0.4, -0.2) is 21.0 Å². The van der Waals surface area contributed by atoms with Crippen molar-refractivity contribution in [2.75, 3.05) is 0 Å². The molecule has 1 unspecified atom stereocenters. The summed E-state index contributed by atoms with van der Waals surface area (Å²) in [6.07, 6.45) is 0. The minimum absolute atomic E-state index is 0.113. The SMILES string of the molecule is Cc1ccc(-c2n[nH]c3c2C(c2ccc(Br)cc2)N(Cc2ccc(F)cc2)C3=O)cc1. The van der Waals surface area contributed by atoms with Gasteiger partial charge in [-0.05, 0) is 42.3 Å². The van der Waals surface area contributed by atoms with Crippen LogP contribution >= 0.6 is 15.9 Å². The fourth-order valence-electron chi connectivity index (χ4n) is 4.07.